The number of hydrogen-bond donors (Lipinski definition) is 5. The summed E-state index contributed by atoms with van der Waals surface area (Å²) in [4.78, 5) is 38.3. The molecule has 18 heavy (non-hydrogen) atoms. The van der Waals surface area contributed by atoms with Crippen molar-refractivity contribution in [2.45, 2.75) is 24.3 Å². The molecule has 1 fully saturated rings. The molecule has 1 aliphatic heterocycles. The van der Waals surface area contributed by atoms with Crippen LogP contribution in [0.1, 0.15) is 19.3 Å². The van der Waals surface area contributed by atoms with Crippen LogP contribution in [0.3, 0.4) is 0 Å². The van der Waals surface area contributed by atoms with Crippen molar-refractivity contribution in [3.8, 4) is 0 Å². The van der Waals surface area contributed by atoms with Gasteiger partial charge < -0.3 is 24.1 Å². The van der Waals surface area contributed by atoms with Gasteiger partial charge in [-0.1, -0.05) is 0 Å². The first-order chi connectivity index (χ1) is 8.02. The van der Waals surface area contributed by atoms with Crippen molar-refractivity contribution in [2.75, 3.05) is 25.9 Å². The lowest BCUT2D eigenvalue weighted by atomic mass is 10.1. The summed E-state index contributed by atoms with van der Waals surface area (Å²) in [5.41, 5.74) is 0. The summed E-state index contributed by atoms with van der Waals surface area (Å²) < 4.78 is 23.3. The molecule has 1 aliphatic rings. The zero-order chi connectivity index (χ0) is 14.2. The van der Waals surface area contributed by atoms with Gasteiger partial charge in [0, 0.05) is 12.2 Å². The highest BCUT2D eigenvalue weighted by Gasteiger charge is 2.72. The minimum absolute atomic E-state index is 0.175. The second kappa shape index (κ2) is 5.19. The number of piperidine rings is 1. The van der Waals surface area contributed by atoms with Gasteiger partial charge in [0.2, 0.25) is 0 Å². The van der Waals surface area contributed by atoms with Crippen LogP contribution in [0.15, 0.2) is 0 Å². The van der Waals surface area contributed by atoms with E-state index in [1.165, 1.54) is 7.05 Å². The Hall–Kier alpha value is 0.610. The zero-order valence-corrected chi connectivity index (χ0v) is 12.8. The van der Waals surface area contributed by atoms with Gasteiger partial charge in [-0.05, 0) is 12.8 Å². The topological polar surface area (TPSA) is 115 Å². The third-order valence-corrected chi connectivity index (χ3v) is 8.85. The molecule has 0 aliphatic carbocycles. The standard InChI is InChI=1S/C8H19NO6P2S/c1-9(6-7-18)5-3-2-4-8(9,16(10,11)12)17(13,14)15/h2-7H2,1H3,(H4-,10,11,12,13,14,15,18)/p+1. The van der Waals surface area contributed by atoms with Gasteiger partial charge in [0.15, 0.2) is 0 Å². The maximum Gasteiger partial charge on any atom is 0.398 e. The van der Waals surface area contributed by atoms with Crippen LogP contribution in [0.2, 0.25) is 0 Å². The predicted octanol–water partition coefficient (Wildman–Crippen LogP) is 0.556. The van der Waals surface area contributed by atoms with Gasteiger partial charge in [-0.2, -0.15) is 12.6 Å². The van der Waals surface area contributed by atoms with Crippen LogP contribution < -0.4 is 0 Å². The normalized spacial score (nSPS) is 29.2. The number of quaternary nitrogens is 1. The van der Waals surface area contributed by atoms with E-state index in [-0.39, 0.29) is 17.4 Å². The quantitative estimate of drug-likeness (QED) is 0.294. The summed E-state index contributed by atoms with van der Waals surface area (Å²) in [6.45, 7) is 0.538. The monoisotopic (exact) mass is 320 g/mol. The largest absolute Gasteiger partial charge is 0.398 e. The Morgan fingerprint density at radius 1 is 1.17 bits per heavy atom. The SMILES string of the molecule is C[N+]1(CCS)CCCCC1(P(=O)(O)O)P(=O)(O)O. The molecule has 1 unspecified atom stereocenters. The Morgan fingerprint density at radius 2 is 1.67 bits per heavy atom. The first kappa shape index (κ1) is 16.7. The van der Waals surface area contributed by atoms with Gasteiger partial charge >= 0.3 is 15.2 Å². The van der Waals surface area contributed by atoms with Crippen molar-refractivity contribution in [1.29, 1.82) is 0 Å². The lowest BCUT2D eigenvalue weighted by molar-refractivity contribution is -0.935. The summed E-state index contributed by atoms with van der Waals surface area (Å²) >= 11 is 4.03. The highest BCUT2D eigenvalue weighted by molar-refractivity contribution is 7.80. The Bertz CT molecular complexity index is 380. The van der Waals surface area contributed by atoms with Gasteiger partial charge in [0.25, 0.3) is 5.02 Å². The molecular formula is C8H20NO6P2S+. The van der Waals surface area contributed by atoms with Crippen molar-refractivity contribution < 1.29 is 33.2 Å². The molecule has 1 heterocycles. The van der Waals surface area contributed by atoms with Crippen LogP contribution in [0.5, 0.6) is 0 Å². The molecule has 0 spiro atoms. The van der Waals surface area contributed by atoms with E-state index >= 15 is 0 Å². The molecule has 1 atom stereocenters. The van der Waals surface area contributed by atoms with E-state index in [9.17, 15) is 28.7 Å². The number of rotatable bonds is 4. The molecule has 0 amide bonds. The number of thiol groups is 1. The van der Waals surface area contributed by atoms with E-state index in [2.05, 4.69) is 12.6 Å². The van der Waals surface area contributed by atoms with E-state index in [1.54, 1.807) is 0 Å². The molecule has 1 saturated heterocycles. The average Bonchev–Trinajstić information content (AvgIpc) is 2.14. The average molecular weight is 320 g/mol. The Labute approximate surface area is 112 Å². The Morgan fingerprint density at radius 3 is 2.06 bits per heavy atom. The summed E-state index contributed by atoms with van der Waals surface area (Å²) in [5.74, 6) is 0.304. The van der Waals surface area contributed by atoms with Crippen LogP contribution in [-0.2, 0) is 9.13 Å². The van der Waals surface area contributed by atoms with E-state index in [0.29, 0.717) is 25.1 Å². The molecule has 10 heteroatoms. The van der Waals surface area contributed by atoms with Gasteiger partial charge in [0.05, 0.1) is 20.1 Å². The van der Waals surface area contributed by atoms with Crippen LogP contribution in [0.25, 0.3) is 0 Å². The van der Waals surface area contributed by atoms with Crippen LogP contribution in [0.4, 0.5) is 0 Å². The maximum atomic E-state index is 11.8. The van der Waals surface area contributed by atoms with E-state index < -0.39 is 20.2 Å². The van der Waals surface area contributed by atoms with Gasteiger partial charge in [-0.15, -0.1) is 0 Å². The summed E-state index contributed by atoms with van der Waals surface area (Å²) in [6, 6.07) is 0. The minimum atomic E-state index is -4.97. The lowest BCUT2D eigenvalue weighted by Crippen LogP contribution is -2.64. The fourth-order valence-corrected chi connectivity index (χ4v) is 7.23. The highest BCUT2D eigenvalue weighted by Crippen LogP contribution is 2.75. The molecule has 7 nitrogen and oxygen atoms in total. The van der Waals surface area contributed by atoms with Crippen LogP contribution >= 0.6 is 27.8 Å². The van der Waals surface area contributed by atoms with Crippen molar-refractivity contribution in [1.82, 2.24) is 0 Å². The summed E-state index contributed by atoms with van der Waals surface area (Å²) in [5, 5.41) is -2.32. The lowest BCUT2D eigenvalue weighted by Gasteiger charge is -2.52. The number of likely N-dealkylation sites (tertiary alicyclic amines) is 1. The molecule has 0 saturated carbocycles. The second-order valence-corrected chi connectivity index (χ2v) is 9.34. The Kier molecular flexibility index (Phi) is 4.80. The third-order valence-electron chi connectivity index (χ3n) is 3.80. The molecule has 0 aromatic heterocycles. The van der Waals surface area contributed by atoms with E-state index in [1.807, 2.05) is 0 Å². The van der Waals surface area contributed by atoms with E-state index in [0.717, 1.165) is 0 Å². The predicted molar refractivity (Wildman–Crippen MR) is 70.4 cm³/mol. The highest BCUT2D eigenvalue weighted by atomic mass is 32.1. The molecule has 4 N–H and O–H groups in total. The number of nitrogens with zero attached hydrogens (tertiary/aromatic N) is 1. The molecule has 0 aromatic carbocycles. The van der Waals surface area contributed by atoms with Crippen LogP contribution in [-0.4, -0.2) is 55.0 Å². The smallest absolute Gasteiger partial charge is 0.320 e. The first-order valence-electron chi connectivity index (χ1n) is 5.59. The molecule has 0 aromatic rings. The zero-order valence-electron chi connectivity index (χ0n) is 10.1. The van der Waals surface area contributed by atoms with Crippen molar-refractivity contribution in [3.63, 3.8) is 0 Å². The molecular weight excluding hydrogens is 300 g/mol. The van der Waals surface area contributed by atoms with Gasteiger partial charge in [-0.3, -0.25) is 9.13 Å². The minimum Gasteiger partial charge on any atom is -0.320 e. The fraction of sp³-hybridized carbons (Fsp3) is 1.00. The van der Waals surface area contributed by atoms with Crippen molar-refractivity contribution >= 4 is 27.8 Å². The number of hydrogen-bond acceptors (Lipinski definition) is 3. The summed E-state index contributed by atoms with van der Waals surface area (Å²) in [6.07, 6.45) is 0.911. The van der Waals surface area contributed by atoms with Crippen molar-refractivity contribution in [2.24, 2.45) is 0 Å². The molecule has 0 radical (unpaired) electrons. The second-order valence-electron chi connectivity index (χ2n) is 4.89. The summed E-state index contributed by atoms with van der Waals surface area (Å²) in [7, 11) is -8.45. The first-order valence-corrected chi connectivity index (χ1v) is 9.44. The molecule has 108 valence electrons. The van der Waals surface area contributed by atoms with Crippen molar-refractivity contribution in [3.05, 3.63) is 0 Å². The Balaban J connectivity index is 3.48. The molecule has 1 rings (SSSR count). The van der Waals surface area contributed by atoms with E-state index in [4.69, 9.17) is 0 Å². The third kappa shape index (κ3) is 2.45. The van der Waals surface area contributed by atoms with Gasteiger partial charge in [-0.25, -0.2) is 0 Å². The maximum absolute atomic E-state index is 11.8. The van der Waals surface area contributed by atoms with Crippen LogP contribution in [0, 0.1) is 0 Å². The fourth-order valence-electron chi connectivity index (χ4n) is 2.87. The van der Waals surface area contributed by atoms with Gasteiger partial charge in [0.1, 0.15) is 0 Å². The molecule has 0 bridgehead atoms.